The molecular weight excluding hydrogens is 890 g/mol. The van der Waals surface area contributed by atoms with Crippen LogP contribution in [0.1, 0.15) is 53.5 Å². The molecule has 0 amide bonds. The average Bonchev–Trinajstić information content (AvgIpc) is 3.91. The Morgan fingerprint density at radius 2 is 0.819 bits per heavy atom. The lowest BCUT2D eigenvalue weighted by molar-refractivity contribution is -0.0499. The zero-order valence-electron chi connectivity index (χ0n) is 40.3. The van der Waals surface area contributed by atoms with Gasteiger partial charge in [-0.05, 0) is 170 Å². The van der Waals surface area contributed by atoms with Crippen molar-refractivity contribution in [2.24, 2.45) is 94.7 Å². The van der Waals surface area contributed by atoms with Crippen LogP contribution in [0.15, 0.2) is 222 Å². The Hall–Kier alpha value is -5.21. The van der Waals surface area contributed by atoms with E-state index < -0.39 is 21.4 Å². The van der Waals surface area contributed by atoms with E-state index in [2.05, 4.69) is 188 Å². The molecule has 1 heterocycles. The molecule has 2 spiro atoms. The highest BCUT2D eigenvalue weighted by molar-refractivity contribution is 6.32. The van der Waals surface area contributed by atoms with Gasteiger partial charge in [-0.3, -0.25) is 5.32 Å². The van der Waals surface area contributed by atoms with E-state index in [1.165, 1.54) is 31.2 Å². The van der Waals surface area contributed by atoms with E-state index >= 15 is 0 Å². The number of hydrogen-bond donors (Lipinski definition) is 1. The number of allylic oxidation sites excluding steroid dienone is 9. The molecule has 22 rings (SSSR count). The van der Waals surface area contributed by atoms with Crippen molar-refractivity contribution < 1.29 is 0 Å². The minimum Gasteiger partial charge on any atom is -0.295 e. The van der Waals surface area contributed by atoms with Gasteiger partial charge in [-0.2, -0.15) is 0 Å². The number of halogens is 1. The quantitative estimate of drug-likeness (QED) is 0.106. The van der Waals surface area contributed by atoms with Crippen LogP contribution >= 0.6 is 11.6 Å². The molecule has 8 fully saturated rings. The molecule has 0 bridgehead atoms. The maximum Gasteiger partial charge on any atom is 0.106 e. The number of hydrogen-bond acceptors (Lipinski definition) is 1. The Morgan fingerprint density at radius 3 is 1.43 bits per heavy atom. The highest BCUT2D eigenvalue weighted by Gasteiger charge is 3.10. The van der Waals surface area contributed by atoms with Crippen LogP contribution in [0, 0.1) is 94.7 Å². The first-order chi connectivity index (χ1) is 35.6. The summed E-state index contributed by atoms with van der Waals surface area (Å²) in [5.74, 6) is 7.40. The molecule has 5 aromatic carbocycles. The van der Waals surface area contributed by atoms with Gasteiger partial charge in [0.1, 0.15) is 4.87 Å². The second kappa shape index (κ2) is 10.8. The highest BCUT2D eigenvalue weighted by atomic mass is 35.5. The van der Waals surface area contributed by atoms with Gasteiger partial charge in [0.15, 0.2) is 0 Å². The first kappa shape index (κ1) is 37.5. The molecule has 16 unspecified atom stereocenters. The molecule has 348 valence electrons. The van der Waals surface area contributed by atoms with Gasteiger partial charge in [0, 0.05) is 21.7 Å². The zero-order valence-corrected chi connectivity index (χ0v) is 41.1. The Bertz CT molecular complexity index is 3680. The first-order valence-electron chi connectivity index (χ1n) is 28.7. The fraction of sp³-hybridized carbons (Fsp3) is 0.400. The van der Waals surface area contributed by atoms with Crippen LogP contribution in [0.2, 0.25) is 0 Å². The molecule has 24 atom stereocenters. The summed E-state index contributed by atoms with van der Waals surface area (Å²) in [6.07, 6.45) is 22.6. The van der Waals surface area contributed by atoms with Gasteiger partial charge in [-0.15, -0.1) is 11.6 Å². The molecule has 0 aromatic heterocycles. The van der Waals surface area contributed by atoms with Crippen molar-refractivity contribution >= 4 is 11.6 Å². The van der Waals surface area contributed by atoms with E-state index in [9.17, 15) is 11.6 Å². The molecule has 17 aliphatic rings. The molecule has 5 aromatic rings. The van der Waals surface area contributed by atoms with Gasteiger partial charge in [0.05, 0.1) is 16.5 Å². The third kappa shape index (κ3) is 2.80. The van der Waals surface area contributed by atoms with Gasteiger partial charge in [-0.1, -0.05) is 199 Å². The lowest BCUT2D eigenvalue weighted by Gasteiger charge is -2.70. The van der Waals surface area contributed by atoms with Crippen LogP contribution in [0.5, 0.6) is 0 Å². The van der Waals surface area contributed by atoms with E-state index in [1.807, 2.05) is 27.9 Å². The molecule has 1 N–H and O–H groups in total. The molecule has 16 aliphatic carbocycles. The normalized spacial score (nSPS) is 55.4. The molecule has 0 radical (unpaired) electrons. The summed E-state index contributed by atoms with van der Waals surface area (Å²) in [7, 11) is 0. The Balaban J connectivity index is 1.09. The molecule has 2 heteroatoms. The Labute approximate surface area is 427 Å². The summed E-state index contributed by atoms with van der Waals surface area (Å²) in [5.41, 5.74) is 16.6. The minimum atomic E-state index is -0.801. The third-order valence-corrected chi connectivity index (χ3v) is 27.8. The van der Waals surface area contributed by atoms with Crippen LogP contribution < -0.4 is 5.32 Å². The summed E-state index contributed by atoms with van der Waals surface area (Å²) in [4.78, 5) is -0.801. The summed E-state index contributed by atoms with van der Waals surface area (Å²) in [6.45, 7) is 0. The fourth-order valence-electron chi connectivity index (χ4n) is 27.5. The van der Waals surface area contributed by atoms with Crippen molar-refractivity contribution in [3.8, 4) is 0 Å². The Morgan fingerprint density at radius 1 is 0.375 bits per heavy atom. The molecule has 1 nitrogen and oxygen atoms in total. The predicted molar refractivity (Wildman–Crippen MR) is 281 cm³/mol. The maximum absolute atomic E-state index is 10.7. The molecule has 7 saturated carbocycles. The second-order valence-electron chi connectivity index (χ2n) is 27.0. The van der Waals surface area contributed by atoms with Crippen molar-refractivity contribution in [2.45, 2.75) is 68.7 Å². The zero-order chi connectivity index (χ0) is 46.0. The lowest BCUT2D eigenvalue weighted by atomic mass is 9.31. The third-order valence-electron chi connectivity index (χ3n) is 27.1. The van der Waals surface area contributed by atoms with Gasteiger partial charge >= 0.3 is 0 Å². The second-order valence-corrected chi connectivity index (χ2v) is 27.5. The summed E-state index contributed by atoms with van der Waals surface area (Å²) < 4.78 is 0. The van der Waals surface area contributed by atoms with Crippen molar-refractivity contribution in [1.29, 1.82) is 0 Å². The summed E-state index contributed by atoms with van der Waals surface area (Å²) in [5, 5.41) is 5.30. The number of rotatable bonds is 5. The van der Waals surface area contributed by atoms with E-state index in [0.717, 1.165) is 0 Å². The smallest absolute Gasteiger partial charge is 0.106 e. The average molecular weight is 947 g/mol. The van der Waals surface area contributed by atoms with Gasteiger partial charge < -0.3 is 0 Å². The fourth-order valence-corrected chi connectivity index (χ4v) is 28.4. The van der Waals surface area contributed by atoms with Crippen molar-refractivity contribution in [3.63, 3.8) is 0 Å². The van der Waals surface area contributed by atoms with Crippen molar-refractivity contribution in [2.75, 3.05) is 0 Å². The van der Waals surface area contributed by atoms with Gasteiger partial charge in [0.25, 0.3) is 0 Å². The monoisotopic (exact) mass is 945 g/mol. The van der Waals surface area contributed by atoms with Crippen LogP contribution in [0.4, 0.5) is 0 Å². The molecule has 1 aliphatic heterocycles. The van der Waals surface area contributed by atoms with E-state index in [0.29, 0.717) is 94.7 Å². The number of benzene rings is 5. The van der Waals surface area contributed by atoms with Gasteiger partial charge in [-0.25, -0.2) is 0 Å². The van der Waals surface area contributed by atoms with Crippen LogP contribution in [0.3, 0.4) is 0 Å². The standard InChI is InChI=1S/C70H56ClN/c71-68-61-62-64(37-18-8-2-9-19-37)52-42-27-26-41-43-28-30-45-47-32-34-49-50-35-33-48-46-31-29-44(42)54(64)56(46)66(39-22-12-4-13-23-39)58(48)60(50)67(40-24-14-5-15-25-40,70(68)69(62,66)72-70)59(49)57(47)65(68,38-20-10-3-11-21-38)55(45)53(43)63(61,51(41)52)36-16-6-1-7-17-36/h1-27,29,31,33,35,41-52,54,56,58,60,72H,28,30,32,34H2/t41?,42?,43?,44?,45?,46?,47?,48?,49?,50?,51?,52?,54?,56?,58?,60?,63-,64+,65-,66+,67-,68+,69-,70-/m1/s1. The summed E-state index contributed by atoms with van der Waals surface area (Å²) >= 11 is 10.7. The first-order valence-corrected chi connectivity index (χ1v) is 29.1. The van der Waals surface area contributed by atoms with Crippen molar-refractivity contribution in [3.05, 3.63) is 249 Å². The Kier molecular flexibility index (Phi) is 5.63. The summed E-state index contributed by atoms with van der Waals surface area (Å²) in [6, 6.07) is 62.5. The van der Waals surface area contributed by atoms with Gasteiger partial charge in [0.2, 0.25) is 0 Å². The van der Waals surface area contributed by atoms with E-state index in [4.69, 9.17) is 5.32 Å². The molecular formula is C70H56ClN. The highest BCUT2D eigenvalue weighted by Crippen LogP contribution is 3.03. The minimum absolute atomic E-state index is 0.191. The number of alkyl halides is 1. The van der Waals surface area contributed by atoms with E-state index in [1.54, 1.807) is 27.8 Å². The van der Waals surface area contributed by atoms with Crippen LogP contribution in [-0.2, 0) is 27.1 Å². The van der Waals surface area contributed by atoms with Crippen LogP contribution in [0.25, 0.3) is 0 Å². The number of fused-ring (bicyclic) bond motifs is 5. The topological polar surface area (TPSA) is 21.9 Å². The van der Waals surface area contributed by atoms with Crippen molar-refractivity contribution in [1.82, 2.24) is 5.32 Å². The molecule has 72 heavy (non-hydrogen) atoms. The maximum atomic E-state index is 10.7. The molecule has 1 saturated heterocycles. The lowest BCUT2D eigenvalue weighted by Crippen LogP contribution is -2.79. The largest absolute Gasteiger partial charge is 0.295 e. The van der Waals surface area contributed by atoms with Crippen LogP contribution in [-0.4, -0.2) is 16.0 Å². The van der Waals surface area contributed by atoms with E-state index in [-0.39, 0.29) is 21.7 Å². The SMILES string of the molecule is Cl[C@@]12C3=C4[C@@]5(c6ccccc6)C6C7C=CC8C9CCC%10C(=C9[C@@]3(c3ccccc3)C86)[C@]1(c1ccccc1)C1=C3C(CCC1%10)C1C=CC6C8C=CC7C5C8[C@@]5(c7ccccc7)C6C1[C@]3(c1ccccc1)[C@@]21N[C@]451. The number of nitrogens with one attached hydrogen (secondary N) is 1. The predicted octanol–water partition coefficient (Wildman–Crippen LogP) is 12.9.